The number of hydrogen-bond donors (Lipinski definition) is 1. The maximum atomic E-state index is 11.7. The molecule has 0 aromatic rings. The molecule has 0 heterocycles. The normalized spacial score (nSPS) is 12.8. The number of nitrogens with one attached hydrogen (secondary N) is 1. The van der Waals surface area contributed by atoms with E-state index in [1.54, 1.807) is 6.08 Å². The maximum absolute atomic E-state index is 11.7. The van der Waals surface area contributed by atoms with Gasteiger partial charge >= 0.3 is 11.9 Å². The summed E-state index contributed by atoms with van der Waals surface area (Å²) in [5.41, 5.74) is 0. The highest BCUT2D eigenvalue weighted by Gasteiger charge is 2.24. The van der Waals surface area contributed by atoms with Crippen LogP contribution in [0.25, 0.3) is 0 Å². The molecule has 0 spiro atoms. The average molecular weight is 301 g/mol. The number of carbonyl (C=O) groups is 3. The Morgan fingerprint density at radius 2 is 1.75 bits per heavy atom. The molecule has 1 atom stereocenters. The van der Waals surface area contributed by atoms with Crippen LogP contribution in [-0.2, 0) is 23.9 Å². The number of hydrogen-bond acceptors (Lipinski definition) is 5. The summed E-state index contributed by atoms with van der Waals surface area (Å²) < 4.78 is 9.01. The molecule has 0 unspecified atom stereocenters. The molecule has 0 fully saturated rings. The first-order chi connectivity index (χ1) is 9.19. The second-order valence-electron chi connectivity index (χ2n) is 5.53. The minimum Gasteiger partial charge on any atom is -0.469 e. The van der Waals surface area contributed by atoms with Crippen LogP contribution in [0.3, 0.4) is 0 Å². The second kappa shape index (κ2) is 8.52. The van der Waals surface area contributed by atoms with Crippen LogP contribution in [-0.4, -0.2) is 46.2 Å². The Morgan fingerprint density at radius 1 is 1.15 bits per heavy atom. The van der Waals surface area contributed by atoms with E-state index in [1.807, 2.05) is 0 Å². The molecule has 1 amide bonds. The Kier molecular flexibility index (Phi) is 7.82. The van der Waals surface area contributed by atoms with Crippen molar-refractivity contribution in [3.63, 3.8) is 0 Å². The zero-order valence-electron chi connectivity index (χ0n) is 12.7. The molecule has 0 saturated heterocycles. The lowest BCUT2D eigenvalue weighted by atomic mass is 10.2. The molecule has 0 aliphatic heterocycles. The Hall–Kier alpha value is -1.63. The summed E-state index contributed by atoms with van der Waals surface area (Å²) in [6.45, 7) is 6.55. The van der Waals surface area contributed by atoms with E-state index >= 15 is 0 Å². The molecule has 0 aliphatic rings. The van der Waals surface area contributed by atoms with Gasteiger partial charge in [-0.3, -0.25) is 9.59 Å². The summed E-state index contributed by atoms with van der Waals surface area (Å²) in [5.74, 6) is -1.70. The zero-order valence-corrected chi connectivity index (χ0v) is 13.7. The highest BCUT2D eigenvalue weighted by Crippen LogP contribution is 2.08. The molecule has 0 aliphatic carbocycles. The van der Waals surface area contributed by atoms with Gasteiger partial charge in [-0.25, -0.2) is 4.79 Å². The van der Waals surface area contributed by atoms with Crippen molar-refractivity contribution in [2.24, 2.45) is 0 Å². The van der Waals surface area contributed by atoms with E-state index < -0.39 is 32.0 Å². The molecule has 6 nitrogen and oxygen atoms in total. The van der Waals surface area contributed by atoms with E-state index in [0.717, 1.165) is 6.04 Å². The molecule has 114 valence electrons. The second-order valence-corrected chi connectivity index (χ2v) is 11.1. The number of carbonyl (C=O) groups excluding carboxylic acids is 3. The third-order valence-electron chi connectivity index (χ3n) is 2.40. The first kappa shape index (κ1) is 18.4. The SMILES string of the molecule is COC(=O)C[C@H](NC(=O)C=CC[Si](C)(C)C)C(=O)OC. The van der Waals surface area contributed by atoms with E-state index in [-0.39, 0.29) is 6.42 Å². The van der Waals surface area contributed by atoms with Crippen LogP contribution in [0.15, 0.2) is 12.2 Å². The molecule has 0 aromatic carbocycles. The molecule has 7 heteroatoms. The monoisotopic (exact) mass is 301 g/mol. The van der Waals surface area contributed by atoms with Gasteiger partial charge in [0.15, 0.2) is 0 Å². The molecule has 0 saturated carbocycles. The number of esters is 2. The highest BCUT2D eigenvalue weighted by molar-refractivity contribution is 6.76. The van der Waals surface area contributed by atoms with Crippen molar-refractivity contribution in [1.29, 1.82) is 0 Å². The minimum atomic E-state index is -1.26. The number of rotatable bonds is 7. The highest BCUT2D eigenvalue weighted by atomic mass is 28.3. The van der Waals surface area contributed by atoms with Gasteiger partial charge < -0.3 is 14.8 Å². The van der Waals surface area contributed by atoms with Crippen LogP contribution in [0.4, 0.5) is 0 Å². The van der Waals surface area contributed by atoms with Crippen molar-refractivity contribution in [2.45, 2.75) is 38.1 Å². The molecule has 0 aromatic heterocycles. The van der Waals surface area contributed by atoms with Gasteiger partial charge in [0.25, 0.3) is 0 Å². The van der Waals surface area contributed by atoms with E-state index in [0.29, 0.717) is 0 Å². The fourth-order valence-corrected chi connectivity index (χ4v) is 2.15. The fourth-order valence-electron chi connectivity index (χ4n) is 1.32. The Morgan fingerprint density at radius 3 is 2.20 bits per heavy atom. The number of allylic oxidation sites excluding steroid dienone is 1. The minimum absolute atomic E-state index is 0.253. The van der Waals surface area contributed by atoms with Gasteiger partial charge in [0, 0.05) is 8.07 Å². The Balaban J connectivity index is 4.53. The van der Waals surface area contributed by atoms with Crippen molar-refractivity contribution >= 4 is 25.9 Å². The molecule has 0 radical (unpaired) electrons. The summed E-state index contributed by atoms with van der Waals surface area (Å²) in [5, 5.41) is 2.43. The maximum Gasteiger partial charge on any atom is 0.328 e. The first-order valence-corrected chi connectivity index (χ1v) is 10.0. The van der Waals surface area contributed by atoms with Crippen molar-refractivity contribution in [3.05, 3.63) is 12.2 Å². The zero-order chi connectivity index (χ0) is 15.8. The van der Waals surface area contributed by atoms with E-state index in [4.69, 9.17) is 0 Å². The van der Waals surface area contributed by atoms with Gasteiger partial charge in [0.1, 0.15) is 6.04 Å². The first-order valence-electron chi connectivity index (χ1n) is 6.31. The lowest BCUT2D eigenvalue weighted by Gasteiger charge is -2.14. The molecule has 0 bridgehead atoms. The van der Waals surface area contributed by atoms with Crippen LogP contribution in [0.1, 0.15) is 6.42 Å². The Labute approximate surface area is 120 Å². The summed E-state index contributed by atoms with van der Waals surface area (Å²) in [4.78, 5) is 34.3. The topological polar surface area (TPSA) is 81.7 Å². The van der Waals surface area contributed by atoms with Gasteiger partial charge in [-0.2, -0.15) is 0 Å². The average Bonchev–Trinajstić information content (AvgIpc) is 2.35. The van der Waals surface area contributed by atoms with Crippen molar-refractivity contribution in [3.8, 4) is 0 Å². The Bertz CT molecular complexity index is 387. The van der Waals surface area contributed by atoms with Crippen LogP contribution >= 0.6 is 0 Å². The van der Waals surface area contributed by atoms with Gasteiger partial charge in [-0.1, -0.05) is 25.7 Å². The van der Waals surface area contributed by atoms with Crippen LogP contribution in [0.5, 0.6) is 0 Å². The standard InChI is InChI=1S/C13H23NO5Si/c1-18-12(16)9-10(13(17)19-2)14-11(15)7-6-8-20(3,4)5/h6-7,10H,8-9H2,1-5H3,(H,14,15)/t10-/m0/s1. The number of ether oxygens (including phenoxy) is 2. The van der Waals surface area contributed by atoms with Crippen molar-refractivity contribution < 1.29 is 23.9 Å². The summed E-state index contributed by atoms with van der Waals surface area (Å²) in [6, 6.07) is -0.170. The van der Waals surface area contributed by atoms with Crippen molar-refractivity contribution in [2.75, 3.05) is 14.2 Å². The van der Waals surface area contributed by atoms with Crippen LogP contribution in [0, 0.1) is 0 Å². The smallest absolute Gasteiger partial charge is 0.328 e. The van der Waals surface area contributed by atoms with Crippen molar-refractivity contribution in [1.82, 2.24) is 5.32 Å². The summed E-state index contributed by atoms with van der Waals surface area (Å²) in [6.07, 6.45) is 2.91. The predicted octanol–water partition coefficient (Wildman–Crippen LogP) is 1.10. The molecule has 0 rings (SSSR count). The summed E-state index contributed by atoms with van der Waals surface area (Å²) in [7, 11) is 1.15. The van der Waals surface area contributed by atoms with Gasteiger partial charge in [0.2, 0.25) is 5.91 Å². The molecule has 1 N–H and O–H groups in total. The van der Waals surface area contributed by atoms with Gasteiger partial charge in [0.05, 0.1) is 20.6 Å². The number of amides is 1. The van der Waals surface area contributed by atoms with Crippen LogP contribution in [0.2, 0.25) is 25.7 Å². The molecular weight excluding hydrogens is 278 g/mol. The third kappa shape index (κ3) is 8.47. The van der Waals surface area contributed by atoms with Gasteiger partial charge in [-0.05, 0) is 12.1 Å². The van der Waals surface area contributed by atoms with Gasteiger partial charge in [-0.15, -0.1) is 0 Å². The lowest BCUT2D eigenvalue weighted by Crippen LogP contribution is -2.42. The number of methoxy groups -OCH3 is 2. The predicted molar refractivity (Wildman–Crippen MR) is 77.9 cm³/mol. The fraction of sp³-hybridized carbons (Fsp3) is 0.615. The van der Waals surface area contributed by atoms with E-state index in [9.17, 15) is 14.4 Å². The van der Waals surface area contributed by atoms with E-state index in [1.165, 1.54) is 20.3 Å². The molecule has 20 heavy (non-hydrogen) atoms. The van der Waals surface area contributed by atoms with E-state index in [2.05, 4.69) is 34.4 Å². The molecular formula is C13H23NO5Si. The lowest BCUT2D eigenvalue weighted by molar-refractivity contribution is -0.150. The largest absolute Gasteiger partial charge is 0.469 e. The third-order valence-corrected chi connectivity index (χ3v) is 3.86. The quantitative estimate of drug-likeness (QED) is 0.432. The van der Waals surface area contributed by atoms with Crippen LogP contribution < -0.4 is 5.32 Å². The summed E-state index contributed by atoms with van der Waals surface area (Å²) >= 11 is 0.